The third kappa shape index (κ3) is 6.36. The molecule has 0 radical (unpaired) electrons. The van der Waals surface area contributed by atoms with Crippen LogP contribution < -0.4 is 10.0 Å². The van der Waals surface area contributed by atoms with Gasteiger partial charge in [-0.3, -0.25) is 9.52 Å². The molecule has 0 aliphatic rings. The molecule has 0 saturated carbocycles. The van der Waals surface area contributed by atoms with Crippen LogP contribution in [0.15, 0.2) is 101 Å². The van der Waals surface area contributed by atoms with Crippen molar-refractivity contribution in [1.29, 1.82) is 0 Å². The van der Waals surface area contributed by atoms with Crippen molar-refractivity contribution >= 4 is 39.1 Å². The normalized spacial score (nSPS) is 11.2. The lowest BCUT2D eigenvalue weighted by atomic mass is 10.1. The second kappa shape index (κ2) is 11.0. The number of benzene rings is 4. The molecule has 184 valence electrons. The second-order valence-electron chi connectivity index (χ2n) is 8.65. The summed E-state index contributed by atoms with van der Waals surface area (Å²) in [5, 5.41) is 2.97. The smallest absolute Gasteiger partial charge is 0.261 e. The number of rotatable bonds is 8. The van der Waals surface area contributed by atoms with Crippen molar-refractivity contribution in [1.82, 2.24) is 0 Å². The molecule has 1 amide bonds. The third-order valence-electron chi connectivity index (χ3n) is 5.75. The Balaban J connectivity index is 1.42. The fourth-order valence-electron chi connectivity index (χ4n) is 3.67. The predicted octanol–water partition coefficient (Wildman–Crippen LogP) is 6.96. The monoisotopic (exact) mass is 516 g/mol. The summed E-state index contributed by atoms with van der Waals surface area (Å²) in [4.78, 5) is 14.3. The number of sulfonamides is 1. The Kier molecular flexibility index (Phi) is 7.82. The molecule has 5 nitrogen and oxygen atoms in total. The first-order valence-corrected chi connectivity index (χ1v) is 14.0. The van der Waals surface area contributed by atoms with Gasteiger partial charge < -0.3 is 5.32 Å². The molecule has 4 rings (SSSR count). The van der Waals surface area contributed by atoms with Crippen LogP contribution >= 0.6 is 11.8 Å². The molecule has 4 aromatic carbocycles. The van der Waals surface area contributed by atoms with E-state index in [0.29, 0.717) is 16.8 Å². The largest absolute Gasteiger partial charge is 0.322 e. The number of carbonyl (C=O) groups excluding carboxylic acids is 1. The zero-order chi connectivity index (χ0) is 25.7. The topological polar surface area (TPSA) is 75.3 Å². The molecule has 0 spiro atoms. The van der Waals surface area contributed by atoms with Crippen molar-refractivity contribution in [2.45, 2.75) is 36.3 Å². The third-order valence-corrected chi connectivity index (χ3v) is 8.22. The van der Waals surface area contributed by atoms with E-state index in [2.05, 4.69) is 28.2 Å². The summed E-state index contributed by atoms with van der Waals surface area (Å²) in [6, 6.07) is 27.8. The lowest BCUT2D eigenvalue weighted by Crippen LogP contribution is -2.15. The van der Waals surface area contributed by atoms with Crippen LogP contribution in [-0.2, 0) is 15.8 Å². The van der Waals surface area contributed by atoms with Gasteiger partial charge in [-0.05, 0) is 86.0 Å². The van der Waals surface area contributed by atoms with E-state index >= 15 is 0 Å². The molecular weight excluding hydrogens is 488 g/mol. The van der Waals surface area contributed by atoms with Crippen LogP contribution in [0.5, 0.6) is 0 Å². The molecule has 0 heterocycles. The van der Waals surface area contributed by atoms with Crippen LogP contribution in [0.25, 0.3) is 0 Å². The highest BCUT2D eigenvalue weighted by Crippen LogP contribution is 2.26. The van der Waals surface area contributed by atoms with E-state index < -0.39 is 10.0 Å². The summed E-state index contributed by atoms with van der Waals surface area (Å²) < 4.78 is 28.1. The van der Waals surface area contributed by atoms with Gasteiger partial charge in [-0.15, -0.1) is 11.8 Å². The van der Waals surface area contributed by atoms with Gasteiger partial charge >= 0.3 is 0 Å². The van der Waals surface area contributed by atoms with Gasteiger partial charge in [0.25, 0.3) is 15.9 Å². The highest BCUT2D eigenvalue weighted by atomic mass is 32.2. The van der Waals surface area contributed by atoms with Crippen molar-refractivity contribution in [2.75, 3.05) is 10.0 Å². The van der Waals surface area contributed by atoms with Crippen LogP contribution in [0.1, 0.15) is 32.6 Å². The first-order chi connectivity index (χ1) is 17.2. The fraction of sp³-hybridized carbons (Fsp3) is 0.138. The molecule has 0 aliphatic carbocycles. The summed E-state index contributed by atoms with van der Waals surface area (Å²) in [5.74, 6) is 0.596. The highest BCUT2D eigenvalue weighted by Gasteiger charge is 2.16. The minimum Gasteiger partial charge on any atom is -0.322 e. The molecule has 0 fully saturated rings. The Hall–Kier alpha value is -3.55. The summed E-state index contributed by atoms with van der Waals surface area (Å²) in [6.45, 7) is 5.65. The first kappa shape index (κ1) is 25.5. The number of hydrogen-bond donors (Lipinski definition) is 2. The molecule has 0 unspecified atom stereocenters. The number of thioether (sulfide) groups is 1. The summed E-state index contributed by atoms with van der Waals surface area (Å²) >= 11 is 1.77. The number of nitrogens with one attached hydrogen (secondary N) is 2. The molecular formula is C29H28N2O3S2. The maximum atomic E-state index is 12.9. The van der Waals surface area contributed by atoms with Crippen LogP contribution in [0.4, 0.5) is 11.4 Å². The molecule has 0 saturated heterocycles. The van der Waals surface area contributed by atoms with Gasteiger partial charge in [-0.2, -0.15) is 0 Å². The summed E-state index contributed by atoms with van der Waals surface area (Å²) in [6.07, 6.45) is 0. The zero-order valence-electron chi connectivity index (χ0n) is 20.4. The Labute approximate surface area is 217 Å². The Morgan fingerprint density at radius 3 is 2.11 bits per heavy atom. The van der Waals surface area contributed by atoms with Gasteiger partial charge in [0.1, 0.15) is 0 Å². The number of aryl methyl sites for hydroxylation is 3. The Morgan fingerprint density at radius 2 is 1.44 bits per heavy atom. The average Bonchev–Trinajstić information content (AvgIpc) is 2.86. The quantitative estimate of drug-likeness (QED) is 0.248. The predicted molar refractivity (Wildman–Crippen MR) is 148 cm³/mol. The second-order valence-corrected chi connectivity index (χ2v) is 11.4. The molecule has 7 heteroatoms. The van der Waals surface area contributed by atoms with E-state index in [9.17, 15) is 13.2 Å². The maximum absolute atomic E-state index is 12.9. The van der Waals surface area contributed by atoms with E-state index in [-0.39, 0.29) is 10.8 Å². The van der Waals surface area contributed by atoms with E-state index in [0.717, 1.165) is 22.6 Å². The van der Waals surface area contributed by atoms with Gasteiger partial charge in [0.05, 0.1) is 10.6 Å². The summed E-state index contributed by atoms with van der Waals surface area (Å²) in [5.41, 5.74) is 5.43. The van der Waals surface area contributed by atoms with E-state index in [4.69, 9.17) is 0 Å². The summed E-state index contributed by atoms with van der Waals surface area (Å²) in [7, 11) is -3.72. The molecule has 36 heavy (non-hydrogen) atoms. The van der Waals surface area contributed by atoms with Gasteiger partial charge in [0.15, 0.2) is 0 Å². The van der Waals surface area contributed by atoms with Crippen LogP contribution in [0, 0.1) is 20.8 Å². The standard InChI is InChI=1S/C29H28N2O3S2/c1-20-9-13-26(14-10-20)36(33,34)31-28-16-12-24(18-22(28)3)29(32)30-27-15-11-23(17-21(27)2)19-35-25-7-5-4-6-8-25/h4-18,31H,19H2,1-3H3,(H,30,32). The molecule has 0 atom stereocenters. The van der Waals surface area contributed by atoms with Crippen molar-refractivity contribution in [2.24, 2.45) is 0 Å². The minimum absolute atomic E-state index is 0.190. The molecule has 0 aliphatic heterocycles. The van der Waals surface area contributed by atoms with Crippen LogP contribution in [0.3, 0.4) is 0 Å². The molecule has 2 N–H and O–H groups in total. The van der Waals surface area contributed by atoms with Crippen molar-refractivity contribution in [3.05, 3.63) is 119 Å². The van der Waals surface area contributed by atoms with Gasteiger partial charge in [0.2, 0.25) is 0 Å². The van der Waals surface area contributed by atoms with Crippen molar-refractivity contribution < 1.29 is 13.2 Å². The minimum atomic E-state index is -3.72. The number of hydrogen-bond acceptors (Lipinski definition) is 4. The average molecular weight is 517 g/mol. The first-order valence-electron chi connectivity index (χ1n) is 11.5. The number of amides is 1. The Bertz CT molecular complexity index is 1480. The lowest BCUT2D eigenvalue weighted by Gasteiger charge is -2.13. The molecule has 0 bridgehead atoms. The maximum Gasteiger partial charge on any atom is 0.261 e. The van der Waals surface area contributed by atoms with E-state index in [1.807, 2.05) is 44.2 Å². The van der Waals surface area contributed by atoms with Crippen molar-refractivity contribution in [3.63, 3.8) is 0 Å². The van der Waals surface area contributed by atoms with E-state index in [1.54, 1.807) is 61.2 Å². The van der Waals surface area contributed by atoms with E-state index in [1.165, 1.54) is 10.5 Å². The van der Waals surface area contributed by atoms with Crippen LogP contribution in [0.2, 0.25) is 0 Å². The lowest BCUT2D eigenvalue weighted by molar-refractivity contribution is 0.102. The van der Waals surface area contributed by atoms with Crippen LogP contribution in [-0.4, -0.2) is 14.3 Å². The fourth-order valence-corrected chi connectivity index (χ4v) is 5.67. The zero-order valence-corrected chi connectivity index (χ0v) is 22.0. The number of anilines is 2. The van der Waals surface area contributed by atoms with Gasteiger partial charge in [0, 0.05) is 21.9 Å². The Morgan fingerprint density at radius 1 is 0.778 bits per heavy atom. The SMILES string of the molecule is Cc1ccc(S(=O)(=O)Nc2ccc(C(=O)Nc3ccc(CSc4ccccc4)cc3C)cc2C)cc1. The van der Waals surface area contributed by atoms with Gasteiger partial charge in [-0.25, -0.2) is 8.42 Å². The van der Waals surface area contributed by atoms with Crippen molar-refractivity contribution in [3.8, 4) is 0 Å². The molecule has 4 aromatic rings. The highest BCUT2D eigenvalue weighted by molar-refractivity contribution is 7.98. The van der Waals surface area contributed by atoms with Gasteiger partial charge in [-0.1, -0.05) is 48.0 Å². The molecule has 0 aromatic heterocycles. The number of carbonyl (C=O) groups is 1.